The number of amides is 1. The van der Waals surface area contributed by atoms with Gasteiger partial charge in [-0.3, -0.25) is 4.90 Å². The highest BCUT2D eigenvalue weighted by molar-refractivity contribution is 5.68. The molecule has 1 fully saturated rings. The first-order chi connectivity index (χ1) is 12.1. The molecule has 0 saturated carbocycles. The van der Waals surface area contributed by atoms with Crippen LogP contribution in [-0.2, 0) is 11.3 Å². The molecule has 0 N–H and O–H groups in total. The molecule has 0 spiro atoms. The van der Waals surface area contributed by atoms with Gasteiger partial charge in [0.25, 0.3) is 5.89 Å². The zero-order valence-electron chi connectivity index (χ0n) is 14.4. The van der Waals surface area contributed by atoms with Gasteiger partial charge in [-0.05, 0) is 20.3 Å². The van der Waals surface area contributed by atoms with Gasteiger partial charge in [0.05, 0.1) is 18.5 Å². The van der Waals surface area contributed by atoms with E-state index in [-0.39, 0.29) is 6.09 Å². The van der Waals surface area contributed by atoms with E-state index in [9.17, 15) is 4.79 Å². The average molecular weight is 347 g/mol. The second kappa shape index (κ2) is 7.47. The van der Waals surface area contributed by atoms with Gasteiger partial charge < -0.3 is 18.7 Å². The zero-order valence-corrected chi connectivity index (χ0v) is 14.4. The van der Waals surface area contributed by atoms with Crippen molar-refractivity contribution in [3.05, 3.63) is 30.1 Å². The third kappa shape index (κ3) is 3.87. The highest BCUT2D eigenvalue weighted by atomic mass is 16.5. The lowest BCUT2D eigenvalue weighted by Gasteiger charge is -2.19. The van der Waals surface area contributed by atoms with Gasteiger partial charge in [0.15, 0.2) is 5.82 Å². The molecule has 1 aliphatic heterocycles. The monoisotopic (exact) mass is 347 g/mol. The molecule has 1 amide bonds. The topological polar surface area (TPSA) is 97.7 Å². The first-order valence-corrected chi connectivity index (χ1v) is 8.13. The van der Waals surface area contributed by atoms with Crippen LogP contribution in [0.15, 0.2) is 21.9 Å². The Kier molecular flexibility index (Phi) is 5.13. The number of nitrogens with zero attached hydrogens (tertiary/aromatic N) is 5. The Morgan fingerprint density at radius 1 is 1.24 bits per heavy atom. The van der Waals surface area contributed by atoms with Crippen molar-refractivity contribution in [3.63, 3.8) is 0 Å². The number of hydrogen-bond acceptors (Lipinski definition) is 8. The lowest BCUT2D eigenvalue weighted by molar-refractivity contribution is 0.138. The molecule has 3 heterocycles. The van der Waals surface area contributed by atoms with Gasteiger partial charge in [-0.2, -0.15) is 4.98 Å². The molecular formula is C16H21N5O4. The fraction of sp³-hybridized carbons (Fsp3) is 0.500. The van der Waals surface area contributed by atoms with E-state index in [1.54, 1.807) is 4.90 Å². The van der Waals surface area contributed by atoms with E-state index in [1.165, 1.54) is 0 Å². The van der Waals surface area contributed by atoms with Crippen molar-refractivity contribution in [2.45, 2.75) is 26.8 Å². The summed E-state index contributed by atoms with van der Waals surface area (Å²) in [7, 11) is 0. The second-order valence-electron chi connectivity index (χ2n) is 5.88. The summed E-state index contributed by atoms with van der Waals surface area (Å²) in [6.07, 6.45) is 1.64. The number of carbonyl (C=O) groups is 1. The lowest BCUT2D eigenvalue weighted by atomic mass is 10.2. The molecule has 1 aliphatic rings. The van der Waals surface area contributed by atoms with Crippen molar-refractivity contribution in [3.8, 4) is 11.5 Å². The minimum Gasteiger partial charge on any atom is -0.419 e. The Morgan fingerprint density at radius 2 is 2.08 bits per heavy atom. The first-order valence-electron chi connectivity index (χ1n) is 8.13. The molecule has 9 nitrogen and oxygen atoms in total. The molecule has 25 heavy (non-hydrogen) atoms. The van der Waals surface area contributed by atoms with E-state index < -0.39 is 0 Å². The normalized spacial score (nSPS) is 15.8. The van der Waals surface area contributed by atoms with Crippen molar-refractivity contribution in [1.82, 2.24) is 25.1 Å². The summed E-state index contributed by atoms with van der Waals surface area (Å²) < 4.78 is 15.3. The van der Waals surface area contributed by atoms with Gasteiger partial charge in [0, 0.05) is 26.2 Å². The fourth-order valence-electron chi connectivity index (χ4n) is 2.87. The number of hydrogen-bond donors (Lipinski definition) is 0. The highest BCUT2D eigenvalue weighted by Gasteiger charge is 2.22. The third-order valence-corrected chi connectivity index (χ3v) is 4.11. The summed E-state index contributed by atoms with van der Waals surface area (Å²) in [5.41, 5.74) is 1.46. The maximum absolute atomic E-state index is 11.8. The van der Waals surface area contributed by atoms with Crippen molar-refractivity contribution >= 4 is 6.09 Å². The van der Waals surface area contributed by atoms with Crippen LogP contribution in [0, 0.1) is 13.8 Å². The van der Waals surface area contributed by atoms with Crippen LogP contribution in [-0.4, -0.2) is 57.4 Å². The van der Waals surface area contributed by atoms with Crippen LogP contribution in [0.25, 0.3) is 11.5 Å². The number of ether oxygens (including phenoxy) is 1. The number of carbonyl (C=O) groups excluding carboxylic acids is 1. The van der Waals surface area contributed by atoms with E-state index in [0.717, 1.165) is 30.5 Å². The fourth-order valence-corrected chi connectivity index (χ4v) is 2.87. The molecule has 0 unspecified atom stereocenters. The van der Waals surface area contributed by atoms with Crippen molar-refractivity contribution in [2.24, 2.45) is 0 Å². The van der Waals surface area contributed by atoms with Crippen LogP contribution in [0.5, 0.6) is 0 Å². The average Bonchev–Trinajstić information content (AvgIpc) is 3.07. The smallest absolute Gasteiger partial charge is 0.414 e. The van der Waals surface area contributed by atoms with E-state index in [2.05, 4.69) is 26.8 Å². The van der Waals surface area contributed by atoms with Gasteiger partial charge in [-0.15, -0.1) is 0 Å². The summed E-state index contributed by atoms with van der Waals surface area (Å²) in [5, 5.41) is 7.95. The van der Waals surface area contributed by atoms with Gasteiger partial charge in [-0.25, -0.2) is 4.79 Å². The quantitative estimate of drug-likeness (QED) is 0.776. The number of rotatable bonds is 4. The van der Waals surface area contributed by atoms with Gasteiger partial charge in [0.2, 0.25) is 0 Å². The molecular weight excluding hydrogens is 326 g/mol. The summed E-state index contributed by atoms with van der Waals surface area (Å²) in [6.45, 7) is 10.4. The third-order valence-electron chi connectivity index (χ3n) is 4.11. The van der Waals surface area contributed by atoms with Crippen LogP contribution in [0.3, 0.4) is 0 Å². The van der Waals surface area contributed by atoms with E-state index in [0.29, 0.717) is 43.7 Å². The first kappa shape index (κ1) is 17.2. The van der Waals surface area contributed by atoms with Crippen LogP contribution in [0.2, 0.25) is 0 Å². The SMILES string of the molecule is C=COC(=O)N1CCCN(Cc2noc(-c3c(C)noc3C)n2)CC1. The van der Waals surface area contributed by atoms with Crippen LogP contribution >= 0.6 is 0 Å². The number of aryl methyl sites for hydroxylation is 2. The molecule has 2 aromatic rings. The molecule has 134 valence electrons. The van der Waals surface area contributed by atoms with Crippen LogP contribution in [0.4, 0.5) is 4.79 Å². The molecule has 0 radical (unpaired) electrons. The van der Waals surface area contributed by atoms with Gasteiger partial charge in [-0.1, -0.05) is 16.9 Å². The maximum atomic E-state index is 11.8. The van der Waals surface area contributed by atoms with Crippen molar-refractivity contribution in [2.75, 3.05) is 26.2 Å². The maximum Gasteiger partial charge on any atom is 0.414 e. The molecule has 0 aromatic carbocycles. The molecule has 0 atom stereocenters. The van der Waals surface area contributed by atoms with Crippen molar-refractivity contribution in [1.29, 1.82) is 0 Å². The predicted octanol–water partition coefficient (Wildman–Crippen LogP) is 2.13. The van der Waals surface area contributed by atoms with Crippen LogP contribution < -0.4 is 0 Å². The Balaban J connectivity index is 1.62. The Morgan fingerprint density at radius 3 is 2.80 bits per heavy atom. The Bertz CT molecular complexity index is 734. The standard InChI is InChI=1S/C16H21N5O4/c1-4-23-16(22)21-7-5-6-20(8-9-21)10-13-17-15(25-19-13)14-11(2)18-24-12(14)3/h4H,1,5-10H2,2-3H3. The second-order valence-corrected chi connectivity index (χ2v) is 5.88. The molecule has 9 heteroatoms. The zero-order chi connectivity index (χ0) is 17.8. The van der Waals surface area contributed by atoms with Gasteiger partial charge >= 0.3 is 6.09 Å². The highest BCUT2D eigenvalue weighted by Crippen LogP contribution is 2.25. The Labute approximate surface area is 145 Å². The summed E-state index contributed by atoms with van der Waals surface area (Å²) in [6, 6.07) is 0. The molecule has 2 aromatic heterocycles. The minimum absolute atomic E-state index is 0.364. The van der Waals surface area contributed by atoms with Gasteiger partial charge in [0.1, 0.15) is 11.3 Å². The van der Waals surface area contributed by atoms with E-state index in [4.69, 9.17) is 13.8 Å². The van der Waals surface area contributed by atoms with Crippen molar-refractivity contribution < 1.29 is 18.6 Å². The molecule has 1 saturated heterocycles. The predicted molar refractivity (Wildman–Crippen MR) is 87.4 cm³/mol. The largest absolute Gasteiger partial charge is 0.419 e. The molecule has 0 bridgehead atoms. The van der Waals surface area contributed by atoms with E-state index in [1.807, 2.05) is 13.8 Å². The lowest BCUT2D eigenvalue weighted by Crippen LogP contribution is -2.34. The number of aromatic nitrogens is 3. The summed E-state index contributed by atoms with van der Waals surface area (Å²) in [5.74, 6) is 1.66. The summed E-state index contributed by atoms with van der Waals surface area (Å²) >= 11 is 0. The molecule has 3 rings (SSSR count). The summed E-state index contributed by atoms with van der Waals surface area (Å²) in [4.78, 5) is 20.1. The minimum atomic E-state index is -0.364. The van der Waals surface area contributed by atoms with Crippen LogP contribution in [0.1, 0.15) is 23.7 Å². The Hall–Kier alpha value is -2.68. The van der Waals surface area contributed by atoms with E-state index >= 15 is 0 Å². The molecule has 0 aliphatic carbocycles.